The molecule has 1 aromatic rings. The average Bonchev–Trinajstić information content (AvgIpc) is 3.42. The summed E-state index contributed by atoms with van der Waals surface area (Å²) in [6, 6.07) is 4.77. The highest BCUT2D eigenvalue weighted by atomic mass is 35.5. The Bertz CT molecular complexity index is 881. The van der Waals surface area contributed by atoms with Crippen LogP contribution in [-0.2, 0) is 14.8 Å². The van der Waals surface area contributed by atoms with Crippen LogP contribution in [0, 0.1) is 5.92 Å². The molecule has 0 aromatic heterocycles. The summed E-state index contributed by atoms with van der Waals surface area (Å²) in [6.45, 7) is 4.74. The molecule has 6 nitrogen and oxygen atoms in total. The van der Waals surface area contributed by atoms with E-state index in [0.717, 1.165) is 39.0 Å². The lowest BCUT2D eigenvalue weighted by Gasteiger charge is -2.35. The minimum Gasteiger partial charge on any atom is -0.338 e. The largest absolute Gasteiger partial charge is 0.338 e. The number of benzene rings is 1. The lowest BCUT2D eigenvalue weighted by molar-refractivity contribution is -0.137. The number of carbonyl (C=O) groups excluding carboxylic acids is 1. The maximum Gasteiger partial charge on any atom is 0.244 e. The van der Waals surface area contributed by atoms with Crippen LogP contribution in [0.5, 0.6) is 0 Å². The number of nitrogens with zero attached hydrogens (tertiary/aromatic N) is 3. The second-order valence-corrected chi connectivity index (χ2v) is 11.3. The van der Waals surface area contributed by atoms with Gasteiger partial charge >= 0.3 is 0 Å². The van der Waals surface area contributed by atoms with Crippen LogP contribution in [0.2, 0.25) is 10.0 Å². The van der Waals surface area contributed by atoms with Crippen molar-refractivity contribution in [2.24, 2.45) is 5.92 Å². The fourth-order valence-electron chi connectivity index (χ4n) is 4.97. The molecule has 0 aliphatic carbocycles. The number of hydrogen-bond acceptors (Lipinski definition) is 4. The maximum absolute atomic E-state index is 13.2. The summed E-state index contributed by atoms with van der Waals surface area (Å²) in [5.74, 6) is 0.0972. The van der Waals surface area contributed by atoms with Crippen LogP contribution in [0.15, 0.2) is 23.1 Å². The van der Waals surface area contributed by atoms with E-state index in [1.54, 1.807) is 6.07 Å². The number of halogens is 2. The molecule has 0 radical (unpaired) electrons. The lowest BCUT2D eigenvalue weighted by Crippen LogP contribution is -2.48. The number of amides is 1. The Hall–Kier alpha value is -0.860. The highest BCUT2D eigenvalue weighted by Gasteiger charge is 2.38. The van der Waals surface area contributed by atoms with Crippen molar-refractivity contribution in [3.05, 3.63) is 28.2 Å². The van der Waals surface area contributed by atoms with Crippen LogP contribution < -0.4 is 0 Å². The van der Waals surface area contributed by atoms with Gasteiger partial charge in [0, 0.05) is 43.2 Å². The Morgan fingerprint density at radius 1 is 0.967 bits per heavy atom. The smallest absolute Gasteiger partial charge is 0.244 e. The van der Waals surface area contributed by atoms with Gasteiger partial charge in [0.25, 0.3) is 0 Å². The van der Waals surface area contributed by atoms with E-state index in [2.05, 4.69) is 9.80 Å². The van der Waals surface area contributed by atoms with Crippen molar-refractivity contribution in [1.29, 1.82) is 0 Å². The van der Waals surface area contributed by atoms with Crippen LogP contribution in [0.1, 0.15) is 38.5 Å². The van der Waals surface area contributed by atoms with E-state index in [0.29, 0.717) is 37.0 Å². The quantitative estimate of drug-likeness (QED) is 0.656. The maximum atomic E-state index is 13.2. The summed E-state index contributed by atoms with van der Waals surface area (Å²) in [4.78, 5) is 17.8. The third-order valence-electron chi connectivity index (χ3n) is 6.64. The van der Waals surface area contributed by atoms with Crippen molar-refractivity contribution in [2.75, 3.05) is 39.3 Å². The number of rotatable bonds is 5. The van der Waals surface area contributed by atoms with E-state index in [9.17, 15) is 13.2 Å². The van der Waals surface area contributed by atoms with Crippen LogP contribution >= 0.6 is 23.2 Å². The fourth-order valence-corrected chi connectivity index (χ4v) is 7.18. The molecule has 3 heterocycles. The Morgan fingerprint density at radius 3 is 2.37 bits per heavy atom. The molecule has 4 rings (SSSR count). The zero-order valence-corrected chi connectivity index (χ0v) is 19.4. The standard InChI is InChI=1S/C21H29Cl2N3O3S/c22-17-5-6-19(23)20(14-17)30(28,29)25-12-7-16(8-13-25)21(27)26-11-3-4-18(26)15-24-9-1-2-10-24/h5-6,14,16,18H,1-4,7-13,15H2. The minimum atomic E-state index is -3.72. The summed E-state index contributed by atoms with van der Waals surface area (Å²) in [5.41, 5.74) is 0. The summed E-state index contributed by atoms with van der Waals surface area (Å²) in [5, 5.41) is 0.500. The van der Waals surface area contributed by atoms with Crippen LogP contribution in [0.4, 0.5) is 0 Å². The number of piperidine rings is 1. The molecule has 166 valence electrons. The number of carbonyl (C=O) groups is 1. The molecule has 0 N–H and O–H groups in total. The number of sulfonamides is 1. The summed E-state index contributed by atoms with van der Waals surface area (Å²) in [7, 11) is -3.72. The highest BCUT2D eigenvalue weighted by molar-refractivity contribution is 7.89. The van der Waals surface area contributed by atoms with Crippen molar-refractivity contribution in [1.82, 2.24) is 14.1 Å². The fraction of sp³-hybridized carbons (Fsp3) is 0.667. The predicted octanol–water partition coefficient (Wildman–Crippen LogP) is 3.48. The molecule has 0 saturated carbocycles. The van der Waals surface area contributed by atoms with E-state index in [4.69, 9.17) is 23.2 Å². The molecular weight excluding hydrogens is 445 g/mol. The first kappa shape index (κ1) is 22.3. The van der Waals surface area contributed by atoms with Gasteiger partial charge in [0.2, 0.25) is 15.9 Å². The molecule has 30 heavy (non-hydrogen) atoms. The molecule has 3 fully saturated rings. The monoisotopic (exact) mass is 473 g/mol. The van der Waals surface area contributed by atoms with Gasteiger partial charge in [-0.15, -0.1) is 0 Å². The SMILES string of the molecule is O=C(C1CCN(S(=O)(=O)c2cc(Cl)ccc2Cl)CC1)N1CCCC1CN1CCCC1. The van der Waals surface area contributed by atoms with Crippen molar-refractivity contribution in [3.63, 3.8) is 0 Å². The number of hydrogen-bond donors (Lipinski definition) is 0. The lowest BCUT2D eigenvalue weighted by atomic mass is 9.96. The molecule has 3 aliphatic heterocycles. The molecular formula is C21H29Cl2N3O3S. The summed E-state index contributed by atoms with van der Waals surface area (Å²) in [6.07, 6.45) is 5.73. The molecule has 0 bridgehead atoms. The molecule has 1 amide bonds. The Balaban J connectivity index is 1.38. The molecule has 1 atom stereocenters. The van der Waals surface area contributed by atoms with Crippen LogP contribution in [0.3, 0.4) is 0 Å². The average molecular weight is 474 g/mol. The normalized spacial score (nSPS) is 24.6. The summed E-state index contributed by atoms with van der Waals surface area (Å²) < 4.78 is 27.5. The first-order valence-corrected chi connectivity index (χ1v) is 13.0. The zero-order chi connectivity index (χ0) is 21.3. The van der Waals surface area contributed by atoms with E-state index in [1.165, 1.54) is 29.3 Å². The van der Waals surface area contributed by atoms with Crippen LogP contribution in [0.25, 0.3) is 0 Å². The predicted molar refractivity (Wildman–Crippen MR) is 118 cm³/mol. The highest BCUT2D eigenvalue weighted by Crippen LogP contribution is 2.32. The molecule has 0 spiro atoms. The van der Waals surface area contributed by atoms with E-state index in [-0.39, 0.29) is 21.7 Å². The van der Waals surface area contributed by atoms with Crippen molar-refractivity contribution < 1.29 is 13.2 Å². The van der Waals surface area contributed by atoms with E-state index >= 15 is 0 Å². The van der Waals surface area contributed by atoms with Crippen molar-refractivity contribution in [2.45, 2.75) is 49.5 Å². The second kappa shape index (κ2) is 9.33. The molecule has 3 aliphatic rings. The summed E-state index contributed by atoms with van der Waals surface area (Å²) >= 11 is 12.1. The van der Waals surface area contributed by atoms with Crippen molar-refractivity contribution >= 4 is 39.1 Å². The Labute approximate surface area is 189 Å². The van der Waals surface area contributed by atoms with Gasteiger partial charge in [0.15, 0.2) is 0 Å². The Morgan fingerprint density at radius 2 is 1.67 bits per heavy atom. The van der Waals surface area contributed by atoms with Gasteiger partial charge in [-0.05, 0) is 69.8 Å². The topological polar surface area (TPSA) is 60.9 Å². The second-order valence-electron chi connectivity index (χ2n) is 8.59. The minimum absolute atomic E-state index is 0.0339. The van der Waals surface area contributed by atoms with Gasteiger partial charge in [-0.2, -0.15) is 4.31 Å². The third-order valence-corrected chi connectivity index (χ3v) is 9.26. The molecule has 9 heteroatoms. The molecule has 1 unspecified atom stereocenters. The van der Waals surface area contributed by atoms with Gasteiger partial charge < -0.3 is 9.80 Å². The molecule has 3 saturated heterocycles. The van der Waals surface area contributed by atoms with Gasteiger partial charge in [0.05, 0.1) is 5.02 Å². The van der Waals surface area contributed by atoms with Crippen LogP contribution in [-0.4, -0.2) is 73.7 Å². The first-order valence-electron chi connectivity index (χ1n) is 10.8. The first-order chi connectivity index (χ1) is 14.4. The van der Waals surface area contributed by atoms with Gasteiger partial charge in [-0.25, -0.2) is 8.42 Å². The zero-order valence-electron chi connectivity index (χ0n) is 17.1. The van der Waals surface area contributed by atoms with E-state index in [1.807, 2.05) is 0 Å². The van der Waals surface area contributed by atoms with Gasteiger partial charge in [-0.1, -0.05) is 23.2 Å². The van der Waals surface area contributed by atoms with E-state index < -0.39 is 10.0 Å². The third kappa shape index (κ3) is 4.65. The number of likely N-dealkylation sites (tertiary alicyclic amines) is 2. The molecule has 1 aromatic carbocycles. The van der Waals surface area contributed by atoms with Crippen molar-refractivity contribution in [3.8, 4) is 0 Å². The van der Waals surface area contributed by atoms with Gasteiger partial charge in [-0.3, -0.25) is 4.79 Å². The Kier molecular flexibility index (Phi) is 6.95. The van der Waals surface area contributed by atoms with Gasteiger partial charge in [0.1, 0.15) is 4.90 Å².